The van der Waals surface area contributed by atoms with Crippen LogP contribution in [0.2, 0.25) is 0 Å². The smallest absolute Gasteiger partial charge is 0.323 e. The lowest BCUT2D eigenvalue weighted by Gasteiger charge is -2.23. The Morgan fingerprint density at radius 1 is 0.840 bits per heavy atom. The molecule has 3 amide bonds. The molecule has 0 spiro atoms. The number of anilines is 4. The molecule has 5 rings (SSSR count). The first kappa shape index (κ1) is 35.7. The number of nitrogens with zero attached hydrogens (tertiary/aromatic N) is 1. The van der Waals surface area contributed by atoms with E-state index in [1.54, 1.807) is 54.7 Å². The van der Waals surface area contributed by atoms with Gasteiger partial charge in [-0.3, -0.25) is 9.36 Å². The zero-order chi connectivity index (χ0) is 36.2. The zero-order valence-electron chi connectivity index (χ0n) is 28.9. The third kappa shape index (κ3) is 7.99. The van der Waals surface area contributed by atoms with E-state index in [4.69, 9.17) is 14.2 Å². The molecule has 260 valence electrons. The summed E-state index contributed by atoms with van der Waals surface area (Å²) < 4.78 is 29.4. The summed E-state index contributed by atoms with van der Waals surface area (Å²) in [5, 5.41) is 13.3. The number of benzene rings is 4. The Hall–Kier alpha value is -5.58. The van der Waals surface area contributed by atoms with Gasteiger partial charge in [-0.1, -0.05) is 45.0 Å². The third-order valence-electron chi connectivity index (χ3n) is 7.87. The van der Waals surface area contributed by atoms with Crippen molar-refractivity contribution in [1.29, 1.82) is 0 Å². The van der Waals surface area contributed by atoms with E-state index in [1.165, 1.54) is 27.9 Å². The van der Waals surface area contributed by atoms with Gasteiger partial charge < -0.3 is 40.4 Å². The lowest BCUT2D eigenvalue weighted by Crippen LogP contribution is -2.24. The molecule has 0 saturated carbocycles. The van der Waals surface area contributed by atoms with Gasteiger partial charge in [-0.25, -0.2) is 9.78 Å². The molecule has 1 heterocycles. The van der Waals surface area contributed by atoms with Crippen LogP contribution in [0.25, 0.3) is 10.8 Å². The molecule has 12 nitrogen and oxygen atoms in total. The minimum absolute atomic E-state index is 0.225. The highest BCUT2D eigenvalue weighted by atomic mass is 31.2. The molecule has 0 aliphatic carbocycles. The fourth-order valence-corrected chi connectivity index (χ4v) is 6.26. The average molecular weight is 698 g/mol. The molecule has 50 heavy (non-hydrogen) atoms. The number of carbonyl (C=O) groups excluding carboxylic acids is 2. The minimum atomic E-state index is -3.52. The Morgan fingerprint density at radius 2 is 1.56 bits per heavy atom. The van der Waals surface area contributed by atoms with Crippen LogP contribution in [0.3, 0.4) is 0 Å². The number of fused-ring (bicyclic) bond motifs is 1. The summed E-state index contributed by atoms with van der Waals surface area (Å²) in [5.74, 6) is 1.73. The summed E-state index contributed by atoms with van der Waals surface area (Å²) in [4.78, 5) is 40.5. The molecule has 0 aliphatic heterocycles. The molecule has 0 aliphatic rings. The predicted molar refractivity (Wildman–Crippen MR) is 198 cm³/mol. The molecule has 4 aromatic carbocycles. The second kappa shape index (κ2) is 14.5. The Balaban J connectivity index is 1.38. The number of pyridine rings is 1. The van der Waals surface area contributed by atoms with Gasteiger partial charge >= 0.3 is 6.03 Å². The zero-order valence-corrected chi connectivity index (χ0v) is 29.8. The molecule has 0 bridgehead atoms. The molecule has 0 fully saturated rings. The van der Waals surface area contributed by atoms with Gasteiger partial charge in [0.15, 0.2) is 5.75 Å². The van der Waals surface area contributed by atoms with Gasteiger partial charge in [0.05, 0.1) is 36.5 Å². The average Bonchev–Trinajstić information content (AvgIpc) is 3.07. The predicted octanol–water partition coefficient (Wildman–Crippen LogP) is 7.61. The fourth-order valence-electron chi connectivity index (χ4n) is 5.34. The van der Waals surface area contributed by atoms with Crippen LogP contribution in [0.4, 0.5) is 27.7 Å². The maximum Gasteiger partial charge on any atom is 0.323 e. The number of hydrogen-bond acceptors (Lipinski definition) is 8. The summed E-state index contributed by atoms with van der Waals surface area (Å²) in [5.41, 5.74) is 2.36. The van der Waals surface area contributed by atoms with Crippen molar-refractivity contribution in [3.05, 3.63) is 96.2 Å². The van der Waals surface area contributed by atoms with Gasteiger partial charge in [-0.15, -0.1) is 0 Å². The molecule has 0 radical (unpaired) electrons. The summed E-state index contributed by atoms with van der Waals surface area (Å²) in [6.45, 7) is 7.32. The van der Waals surface area contributed by atoms with Crippen molar-refractivity contribution in [3.8, 4) is 23.0 Å². The first-order valence-corrected chi connectivity index (χ1v) is 17.8. The van der Waals surface area contributed by atoms with Crippen LogP contribution in [0.1, 0.15) is 36.7 Å². The third-order valence-corrected chi connectivity index (χ3v) is 9.13. The Kier molecular flexibility index (Phi) is 10.4. The molecular weight excluding hydrogens is 657 g/mol. The summed E-state index contributed by atoms with van der Waals surface area (Å²) in [6.07, 6.45) is 1.60. The van der Waals surface area contributed by atoms with E-state index in [2.05, 4.69) is 26.3 Å². The number of rotatable bonds is 10. The van der Waals surface area contributed by atoms with Gasteiger partial charge in [-0.2, -0.15) is 0 Å². The highest BCUT2D eigenvalue weighted by molar-refractivity contribution is 7.65. The van der Waals surface area contributed by atoms with E-state index in [0.29, 0.717) is 39.9 Å². The molecule has 1 unspecified atom stereocenters. The van der Waals surface area contributed by atoms with Crippen molar-refractivity contribution in [1.82, 2.24) is 10.3 Å². The largest absolute Gasteiger partial charge is 0.496 e. The van der Waals surface area contributed by atoms with Crippen molar-refractivity contribution >= 4 is 58.3 Å². The van der Waals surface area contributed by atoms with Crippen molar-refractivity contribution in [2.24, 2.45) is 0 Å². The molecule has 5 aromatic rings. The normalized spacial score (nSPS) is 12.4. The van der Waals surface area contributed by atoms with E-state index in [1.807, 2.05) is 51.1 Å². The van der Waals surface area contributed by atoms with Gasteiger partial charge in [0.2, 0.25) is 7.37 Å². The Labute approximate surface area is 290 Å². The summed E-state index contributed by atoms with van der Waals surface area (Å²) in [7, 11) is 0.911. The van der Waals surface area contributed by atoms with E-state index in [-0.39, 0.29) is 28.1 Å². The van der Waals surface area contributed by atoms with Crippen LogP contribution < -0.4 is 40.8 Å². The van der Waals surface area contributed by atoms with Crippen molar-refractivity contribution in [3.63, 3.8) is 0 Å². The van der Waals surface area contributed by atoms with E-state index < -0.39 is 13.4 Å². The lowest BCUT2D eigenvalue weighted by molar-refractivity contribution is 0.0960. The molecule has 13 heteroatoms. The maximum absolute atomic E-state index is 13.4. The number of nitrogens with one attached hydrogen (secondary N) is 4. The van der Waals surface area contributed by atoms with Crippen molar-refractivity contribution in [2.75, 3.05) is 43.9 Å². The second-order valence-corrected chi connectivity index (χ2v) is 14.8. The quantitative estimate of drug-likeness (QED) is 0.0926. The van der Waals surface area contributed by atoms with E-state index >= 15 is 0 Å². The molecule has 0 saturated heterocycles. The number of aromatic nitrogens is 1. The first-order chi connectivity index (χ1) is 23.7. The molecule has 1 aromatic heterocycles. The molecule has 5 N–H and O–H groups in total. The monoisotopic (exact) mass is 697 g/mol. The van der Waals surface area contributed by atoms with Crippen LogP contribution in [0.15, 0.2) is 85.1 Å². The molecule has 1 atom stereocenters. The maximum atomic E-state index is 13.4. The second-order valence-electron chi connectivity index (χ2n) is 12.5. The lowest BCUT2D eigenvalue weighted by atomic mass is 9.85. The van der Waals surface area contributed by atoms with Gasteiger partial charge in [0, 0.05) is 48.5 Å². The topological polar surface area (TPSA) is 160 Å². The molecular formula is C37H40N5O7P. The summed E-state index contributed by atoms with van der Waals surface area (Å²) >= 11 is 0. The highest BCUT2D eigenvalue weighted by Crippen LogP contribution is 2.40. The Morgan fingerprint density at radius 3 is 2.22 bits per heavy atom. The van der Waals surface area contributed by atoms with Gasteiger partial charge in [-0.05, 0) is 53.4 Å². The number of methoxy groups -OCH3 is 2. The minimum Gasteiger partial charge on any atom is -0.496 e. The van der Waals surface area contributed by atoms with Crippen molar-refractivity contribution in [2.45, 2.75) is 26.2 Å². The SMILES string of the molecule is CNC(=O)c1cc(C(C)(C)C)cc(NC(=O)Nc2ccc(Oc3ccnc(Nc4ccc(P(C)(=O)O)c(OC)c4)c3)c3ccccc23)c1OC. The van der Waals surface area contributed by atoms with Crippen LogP contribution in [0, 0.1) is 0 Å². The number of amides is 3. The van der Waals surface area contributed by atoms with Gasteiger partial charge in [0.25, 0.3) is 5.91 Å². The number of urea groups is 1. The van der Waals surface area contributed by atoms with E-state index in [0.717, 1.165) is 16.3 Å². The first-order valence-electron chi connectivity index (χ1n) is 15.7. The van der Waals surface area contributed by atoms with E-state index in [9.17, 15) is 19.0 Å². The van der Waals surface area contributed by atoms with Gasteiger partial charge in [0.1, 0.15) is 23.1 Å². The fraction of sp³-hybridized carbons (Fsp3) is 0.216. The number of ether oxygens (including phenoxy) is 3. The number of hydrogen-bond donors (Lipinski definition) is 5. The van der Waals surface area contributed by atoms with Crippen LogP contribution in [0.5, 0.6) is 23.0 Å². The van der Waals surface area contributed by atoms with Crippen LogP contribution >= 0.6 is 7.37 Å². The van der Waals surface area contributed by atoms with Crippen molar-refractivity contribution < 1.29 is 33.3 Å². The van der Waals surface area contributed by atoms with Crippen LogP contribution in [-0.4, -0.2) is 49.7 Å². The standard InChI is InChI=1S/C37H40N5O7P/c1-37(2,3)22-18-27(35(43)38-4)34(48-6)29(19-22)42-36(44)41-28-13-14-30(26-11-9-8-10-25(26)28)49-24-16-17-39-33(21-24)40-23-12-15-32(50(7,45)46)31(20-23)47-5/h8-21H,1-7H3,(H,38,43)(H,39,40)(H,45,46)(H2,41,42,44). The highest BCUT2D eigenvalue weighted by Gasteiger charge is 2.24. The Bertz CT molecular complexity index is 2120. The van der Waals surface area contributed by atoms with Crippen LogP contribution in [-0.2, 0) is 9.98 Å². The summed E-state index contributed by atoms with van der Waals surface area (Å²) in [6, 6.07) is 22.4. The number of carbonyl (C=O) groups is 2.